The smallest absolute Gasteiger partial charge is 0.273 e. The Bertz CT molecular complexity index is 571. The zero-order valence-electron chi connectivity index (χ0n) is 11.3. The molecule has 0 bridgehead atoms. The molecule has 20 heavy (non-hydrogen) atoms. The van der Waals surface area contributed by atoms with Gasteiger partial charge in [0.25, 0.3) is 5.69 Å². The van der Waals surface area contributed by atoms with Crippen LogP contribution >= 0.6 is 0 Å². The molecule has 0 spiro atoms. The number of nitrogens with one attached hydrogen (secondary N) is 1. The van der Waals surface area contributed by atoms with Crippen LogP contribution in [0.15, 0.2) is 24.3 Å². The Morgan fingerprint density at radius 3 is 2.45 bits per heavy atom. The second kappa shape index (κ2) is 6.78. The summed E-state index contributed by atoms with van der Waals surface area (Å²) < 4.78 is 26.4. The second-order valence-corrected chi connectivity index (χ2v) is 6.55. The van der Waals surface area contributed by atoms with Crippen molar-refractivity contribution in [2.24, 2.45) is 5.92 Å². The molecule has 1 atom stereocenters. The fourth-order valence-corrected chi connectivity index (χ4v) is 3.22. The summed E-state index contributed by atoms with van der Waals surface area (Å²) in [4.78, 5) is 10.2. The summed E-state index contributed by atoms with van der Waals surface area (Å²) in [6.07, 6.45) is 0. The Labute approximate surface area is 117 Å². The van der Waals surface area contributed by atoms with Crippen LogP contribution in [0.5, 0.6) is 0 Å². The van der Waals surface area contributed by atoms with Crippen LogP contribution in [-0.4, -0.2) is 31.1 Å². The van der Waals surface area contributed by atoms with Crippen LogP contribution in [0.1, 0.15) is 19.4 Å². The summed E-state index contributed by atoms with van der Waals surface area (Å²) in [5.74, 6) is -0.576. The number of nitro groups is 1. The summed E-state index contributed by atoms with van der Waals surface area (Å²) in [7, 11) is -3.76. The van der Waals surface area contributed by atoms with E-state index in [4.69, 9.17) is 5.11 Å². The van der Waals surface area contributed by atoms with Gasteiger partial charge in [-0.2, -0.15) is 0 Å². The van der Waals surface area contributed by atoms with Crippen molar-refractivity contribution in [3.05, 3.63) is 39.9 Å². The molecular formula is C12H18N2O5S. The topological polar surface area (TPSA) is 110 Å². The van der Waals surface area contributed by atoms with Crippen LogP contribution in [0.4, 0.5) is 5.69 Å². The number of nitrogens with zero attached hydrogens (tertiary/aromatic N) is 1. The van der Waals surface area contributed by atoms with Crippen molar-refractivity contribution in [2.75, 3.05) is 6.61 Å². The summed E-state index contributed by atoms with van der Waals surface area (Å²) in [5.41, 5.74) is -0.117. The van der Waals surface area contributed by atoms with E-state index in [0.29, 0.717) is 0 Å². The highest BCUT2D eigenvalue weighted by molar-refractivity contribution is 7.88. The first-order valence-electron chi connectivity index (χ1n) is 6.10. The molecule has 7 nitrogen and oxygen atoms in total. The first kappa shape index (κ1) is 16.5. The minimum absolute atomic E-state index is 0.0828. The van der Waals surface area contributed by atoms with Crippen molar-refractivity contribution in [3.8, 4) is 0 Å². The molecule has 1 unspecified atom stereocenters. The predicted octanol–water partition coefficient (Wildman–Crippen LogP) is 1.03. The molecule has 1 rings (SSSR count). The van der Waals surface area contributed by atoms with Gasteiger partial charge < -0.3 is 5.11 Å². The lowest BCUT2D eigenvalue weighted by Gasteiger charge is -2.19. The zero-order valence-corrected chi connectivity index (χ0v) is 12.1. The third kappa shape index (κ3) is 4.55. The van der Waals surface area contributed by atoms with Crippen molar-refractivity contribution in [2.45, 2.75) is 25.6 Å². The lowest BCUT2D eigenvalue weighted by atomic mass is 10.1. The first-order valence-corrected chi connectivity index (χ1v) is 7.75. The minimum atomic E-state index is -3.76. The summed E-state index contributed by atoms with van der Waals surface area (Å²) in [5, 5.41) is 20.0. The van der Waals surface area contributed by atoms with E-state index in [1.54, 1.807) is 19.9 Å². The predicted molar refractivity (Wildman–Crippen MR) is 74.6 cm³/mol. The number of hydrogen-bond acceptors (Lipinski definition) is 5. The van der Waals surface area contributed by atoms with Gasteiger partial charge in [-0.15, -0.1) is 0 Å². The largest absolute Gasteiger partial charge is 0.395 e. The number of hydrogen-bond donors (Lipinski definition) is 2. The molecule has 0 aliphatic carbocycles. The Hall–Kier alpha value is -1.51. The van der Waals surface area contributed by atoms with Gasteiger partial charge in [-0.1, -0.05) is 32.0 Å². The first-order chi connectivity index (χ1) is 9.26. The molecule has 0 amide bonds. The summed E-state index contributed by atoms with van der Waals surface area (Å²) in [6, 6.07) is 5.08. The zero-order chi connectivity index (χ0) is 15.3. The SMILES string of the molecule is CC(C)C(CO)NS(=O)(=O)Cc1ccccc1[N+](=O)[O-]. The highest BCUT2D eigenvalue weighted by Crippen LogP contribution is 2.20. The molecule has 0 heterocycles. The van der Waals surface area contributed by atoms with E-state index in [9.17, 15) is 18.5 Å². The van der Waals surface area contributed by atoms with Crippen molar-refractivity contribution in [3.63, 3.8) is 0 Å². The lowest BCUT2D eigenvalue weighted by Crippen LogP contribution is -2.41. The number of aliphatic hydroxyl groups excluding tert-OH is 1. The molecule has 2 N–H and O–H groups in total. The number of benzene rings is 1. The van der Waals surface area contributed by atoms with Gasteiger partial charge in [-0.05, 0) is 5.92 Å². The van der Waals surface area contributed by atoms with Gasteiger partial charge in [0.05, 0.1) is 17.3 Å². The van der Waals surface area contributed by atoms with Gasteiger partial charge >= 0.3 is 0 Å². The normalized spacial score (nSPS) is 13.4. The second-order valence-electron chi connectivity index (χ2n) is 4.80. The molecule has 1 aromatic carbocycles. The maximum Gasteiger partial charge on any atom is 0.273 e. The number of nitro benzene ring substituents is 1. The van der Waals surface area contributed by atoms with Gasteiger partial charge in [-0.3, -0.25) is 10.1 Å². The molecule has 8 heteroatoms. The molecular weight excluding hydrogens is 284 g/mol. The van der Waals surface area contributed by atoms with Crippen LogP contribution in [0.25, 0.3) is 0 Å². The Kier molecular flexibility index (Phi) is 5.61. The van der Waals surface area contributed by atoms with E-state index in [1.807, 2.05) is 0 Å². The average Bonchev–Trinajstić information content (AvgIpc) is 2.35. The molecule has 0 saturated carbocycles. The summed E-state index contributed by atoms with van der Waals surface area (Å²) >= 11 is 0. The highest BCUT2D eigenvalue weighted by Gasteiger charge is 2.23. The quantitative estimate of drug-likeness (QED) is 0.577. The lowest BCUT2D eigenvalue weighted by molar-refractivity contribution is -0.385. The Balaban J connectivity index is 2.94. The fraction of sp³-hybridized carbons (Fsp3) is 0.500. The van der Waals surface area contributed by atoms with Gasteiger partial charge in [0.15, 0.2) is 0 Å². The van der Waals surface area contributed by atoms with E-state index in [1.165, 1.54) is 18.2 Å². The van der Waals surface area contributed by atoms with Gasteiger partial charge in [0.2, 0.25) is 10.0 Å². The van der Waals surface area contributed by atoms with Crippen molar-refractivity contribution < 1.29 is 18.4 Å². The number of sulfonamides is 1. The van der Waals surface area contributed by atoms with Gasteiger partial charge in [0.1, 0.15) is 0 Å². The average molecular weight is 302 g/mol. The standard InChI is InChI=1S/C12H18N2O5S/c1-9(2)11(7-15)13-20(18,19)8-10-5-3-4-6-12(10)14(16)17/h3-6,9,11,13,15H,7-8H2,1-2H3. The molecule has 1 aromatic rings. The van der Waals surface area contributed by atoms with Gasteiger partial charge in [-0.25, -0.2) is 13.1 Å². The fourth-order valence-electron chi connectivity index (χ4n) is 1.67. The molecule has 0 aromatic heterocycles. The van der Waals surface area contributed by atoms with E-state index in [0.717, 1.165) is 0 Å². The monoisotopic (exact) mass is 302 g/mol. The molecule has 0 aliphatic rings. The van der Waals surface area contributed by atoms with Crippen molar-refractivity contribution in [1.82, 2.24) is 4.72 Å². The molecule has 0 saturated heterocycles. The third-order valence-corrected chi connectivity index (χ3v) is 4.22. The van der Waals surface area contributed by atoms with E-state index in [-0.39, 0.29) is 23.8 Å². The van der Waals surface area contributed by atoms with Crippen molar-refractivity contribution in [1.29, 1.82) is 0 Å². The number of para-hydroxylation sites is 1. The third-order valence-electron chi connectivity index (χ3n) is 2.87. The van der Waals surface area contributed by atoms with Crippen LogP contribution in [0, 0.1) is 16.0 Å². The maximum atomic E-state index is 12.0. The van der Waals surface area contributed by atoms with Crippen molar-refractivity contribution >= 4 is 15.7 Å². The highest BCUT2D eigenvalue weighted by atomic mass is 32.2. The number of aliphatic hydroxyl groups is 1. The molecule has 0 aliphatic heterocycles. The molecule has 0 fully saturated rings. The maximum absolute atomic E-state index is 12.0. The molecule has 0 radical (unpaired) electrons. The van der Waals surface area contributed by atoms with E-state index >= 15 is 0 Å². The number of rotatable bonds is 7. The van der Waals surface area contributed by atoms with Crippen LogP contribution in [-0.2, 0) is 15.8 Å². The van der Waals surface area contributed by atoms with E-state index in [2.05, 4.69) is 4.72 Å². The van der Waals surface area contributed by atoms with Gasteiger partial charge in [0, 0.05) is 17.7 Å². The van der Waals surface area contributed by atoms with Crippen LogP contribution in [0.3, 0.4) is 0 Å². The summed E-state index contributed by atoms with van der Waals surface area (Å²) in [6.45, 7) is 3.22. The molecule has 112 valence electrons. The Morgan fingerprint density at radius 2 is 1.95 bits per heavy atom. The van der Waals surface area contributed by atoms with Crippen LogP contribution < -0.4 is 4.72 Å². The Morgan fingerprint density at radius 1 is 1.35 bits per heavy atom. The van der Waals surface area contributed by atoms with Crippen LogP contribution in [0.2, 0.25) is 0 Å². The minimum Gasteiger partial charge on any atom is -0.395 e. The van der Waals surface area contributed by atoms with E-state index < -0.39 is 26.7 Å².